The Kier molecular flexibility index (Phi) is 4.94. The molecule has 0 atom stereocenters. The average molecular weight is 329 g/mol. The van der Waals surface area contributed by atoms with E-state index in [0.29, 0.717) is 4.08 Å². The smallest absolute Gasteiger partial charge is 0.0807 e. The van der Waals surface area contributed by atoms with Crippen LogP contribution in [0.2, 0.25) is 0 Å². The monoisotopic (exact) mass is 328 g/mol. The van der Waals surface area contributed by atoms with Crippen LogP contribution in [0.3, 0.4) is 0 Å². The summed E-state index contributed by atoms with van der Waals surface area (Å²) in [6.07, 6.45) is 0. The van der Waals surface area contributed by atoms with E-state index in [1.165, 1.54) is 39.6 Å². The van der Waals surface area contributed by atoms with Crippen molar-refractivity contribution in [1.82, 2.24) is 0 Å². The molecule has 3 aliphatic rings. The first-order valence-corrected chi connectivity index (χ1v) is 11.9. The van der Waals surface area contributed by atoms with Gasteiger partial charge in [0.1, 0.15) is 0 Å². The van der Waals surface area contributed by atoms with Gasteiger partial charge in [-0.1, -0.05) is 0 Å². The summed E-state index contributed by atoms with van der Waals surface area (Å²) in [6.45, 7) is 0. The van der Waals surface area contributed by atoms with Gasteiger partial charge >= 0.3 is 0 Å². The van der Waals surface area contributed by atoms with Gasteiger partial charge in [-0.2, -0.15) is 47.0 Å². The first kappa shape index (κ1) is 13.1. The van der Waals surface area contributed by atoms with Crippen LogP contribution in [0, 0.1) is 0 Å². The van der Waals surface area contributed by atoms with Gasteiger partial charge in [-0.05, 0) is 0 Å². The number of thioether (sulfide) groups is 6. The van der Waals surface area contributed by atoms with Crippen LogP contribution in [-0.2, 0) is 0 Å². The molecule has 3 saturated heterocycles. The van der Waals surface area contributed by atoms with Crippen molar-refractivity contribution < 1.29 is 0 Å². The van der Waals surface area contributed by atoms with Crippen molar-refractivity contribution in [2.24, 2.45) is 0 Å². The average Bonchev–Trinajstić information content (AvgIpc) is 2.07. The highest BCUT2D eigenvalue weighted by atomic mass is 32.3. The number of hydrogen-bond donors (Lipinski definition) is 0. The molecule has 92 valence electrons. The highest BCUT2D eigenvalue weighted by Gasteiger charge is 2.41. The second kappa shape index (κ2) is 6.04. The molecule has 0 saturated carbocycles. The molecule has 0 aliphatic carbocycles. The summed E-state index contributed by atoms with van der Waals surface area (Å²) in [6, 6.07) is 0. The zero-order chi connectivity index (χ0) is 10.8. The minimum atomic E-state index is 0.593. The highest BCUT2D eigenvalue weighted by molar-refractivity contribution is 8.35. The van der Waals surface area contributed by atoms with Crippen molar-refractivity contribution in [2.75, 3.05) is 39.6 Å². The van der Waals surface area contributed by atoms with Gasteiger partial charge in [0.25, 0.3) is 0 Å². The molecule has 0 bridgehead atoms. The SMILES string of the molecule is C1SC(CSC2CSC2)(CSC2CSC2)S1. The van der Waals surface area contributed by atoms with E-state index in [0.717, 1.165) is 10.5 Å². The highest BCUT2D eigenvalue weighted by Crippen LogP contribution is 2.55. The Morgan fingerprint density at radius 1 is 0.875 bits per heavy atom. The molecule has 6 heteroatoms. The quantitative estimate of drug-likeness (QED) is 0.722. The zero-order valence-corrected chi connectivity index (χ0v) is 14.0. The normalized spacial score (nSPS) is 29.2. The maximum Gasteiger partial charge on any atom is 0.0807 e. The predicted molar refractivity (Wildman–Crippen MR) is 89.9 cm³/mol. The lowest BCUT2D eigenvalue weighted by molar-refractivity contribution is 1.01. The fourth-order valence-electron chi connectivity index (χ4n) is 1.54. The molecule has 3 fully saturated rings. The van der Waals surface area contributed by atoms with Crippen molar-refractivity contribution in [3.05, 3.63) is 0 Å². The molecular weight excluding hydrogens is 313 g/mol. The van der Waals surface area contributed by atoms with E-state index >= 15 is 0 Å². The predicted octanol–water partition coefficient (Wildman–Crippen LogP) is 3.82. The summed E-state index contributed by atoms with van der Waals surface area (Å²) in [5.74, 6) is 8.40. The van der Waals surface area contributed by atoms with Crippen molar-refractivity contribution >= 4 is 70.6 Å². The van der Waals surface area contributed by atoms with Gasteiger partial charge in [0, 0.05) is 50.1 Å². The molecule has 0 spiro atoms. The second-order valence-corrected chi connectivity index (χ2v) is 12.3. The number of hydrogen-bond acceptors (Lipinski definition) is 6. The van der Waals surface area contributed by atoms with Crippen LogP contribution in [-0.4, -0.2) is 54.2 Å². The molecule has 0 radical (unpaired) electrons. The molecule has 3 aliphatic heterocycles. The maximum atomic E-state index is 2.24. The molecule has 3 heterocycles. The molecule has 0 aromatic rings. The molecule has 0 unspecified atom stereocenters. The van der Waals surface area contributed by atoms with Gasteiger partial charge in [-0.3, -0.25) is 0 Å². The lowest BCUT2D eigenvalue weighted by atomic mass is 10.5. The van der Waals surface area contributed by atoms with E-state index in [1.54, 1.807) is 0 Å². The minimum Gasteiger partial charge on any atom is -0.160 e. The first-order chi connectivity index (χ1) is 7.86. The molecule has 0 aromatic heterocycles. The summed E-state index contributed by atoms with van der Waals surface area (Å²) >= 11 is 13.1. The topological polar surface area (TPSA) is 0 Å². The Balaban J connectivity index is 1.39. The summed E-state index contributed by atoms with van der Waals surface area (Å²) < 4.78 is 0.593. The standard InChI is InChI=1S/C10H16S6/c1-8(2-11-1)13-5-10(15-7-16-10)6-14-9-3-12-4-9/h8-9H,1-7H2. The molecule has 16 heavy (non-hydrogen) atoms. The lowest BCUT2D eigenvalue weighted by Crippen LogP contribution is -2.38. The lowest BCUT2D eigenvalue weighted by Gasteiger charge is -2.42. The van der Waals surface area contributed by atoms with Crippen LogP contribution in [0.25, 0.3) is 0 Å². The van der Waals surface area contributed by atoms with Crippen LogP contribution in [0.4, 0.5) is 0 Å². The molecule has 0 aromatic carbocycles. The Labute approximate surface area is 124 Å². The van der Waals surface area contributed by atoms with E-state index in [-0.39, 0.29) is 0 Å². The Hall–Kier alpha value is 2.10. The largest absolute Gasteiger partial charge is 0.160 e. The van der Waals surface area contributed by atoms with Gasteiger partial charge in [-0.25, -0.2) is 0 Å². The maximum absolute atomic E-state index is 2.24. The fourth-order valence-corrected chi connectivity index (χ4v) is 10.4. The summed E-state index contributed by atoms with van der Waals surface area (Å²) in [5, 5.41) is 3.29. The van der Waals surface area contributed by atoms with Crippen LogP contribution in [0.1, 0.15) is 0 Å². The van der Waals surface area contributed by atoms with Gasteiger partial charge in [0.05, 0.1) is 4.08 Å². The summed E-state index contributed by atoms with van der Waals surface area (Å²) in [4.78, 5) is 0. The summed E-state index contributed by atoms with van der Waals surface area (Å²) in [5.41, 5.74) is 0. The van der Waals surface area contributed by atoms with E-state index in [1.807, 2.05) is 0 Å². The zero-order valence-electron chi connectivity index (χ0n) is 9.05. The molecule has 0 nitrogen and oxygen atoms in total. The third-order valence-electron chi connectivity index (χ3n) is 2.94. The van der Waals surface area contributed by atoms with Crippen molar-refractivity contribution in [3.8, 4) is 0 Å². The Morgan fingerprint density at radius 2 is 1.38 bits per heavy atom. The Bertz CT molecular complexity index is 213. The van der Waals surface area contributed by atoms with Crippen LogP contribution >= 0.6 is 70.6 Å². The van der Waals surface area contributed by atoms with Crippen LogP contribution < -0.4 is 0 Å². The Morgan fingerprint density at radius 3 is 1.62 bits per heavy atom. The molecule has 3 rings (SSSR count). The third-order valence-corrected chi connectivity index (χ3v) is 13.3. The first-order valence-electron chi connectivity index (χ1n) is 5.53. The number of rotatable bonds is 6. The third kappa shape index (κ3) is 3.16. The van der Waals surface area contributed by atoms with Gasteiger partial charge in [0.15, 0.2) is 0 Å². The van der Waals surface area contributed by atoms with E-state index in [9.17, 15) is 0 Å². The van der Waals surface area contributed by atoms with E-state index < -0.39 is 0 Å². The fraction of sp³-hybridized carbons (Fsp3) is 1.00. The molecular formula is C10H16S6. The second-order valence-electron chi connectivity index (χ2n) is 4.26. The van der Waals surface area contributed by atoms with Crippen molar-refractivity contribution in [3.63, 3.8) is 0 Å². The molecule has 0 amide bonds. The van der Waals surface area contributed by atoms with Gasteiger partial charge < -0.3 is 0 Å². The van der Waals surface area contributed by atoms with Crippen molar-refractivity contribution in [1.29, 1.82) is 0 Å². The molecule has 0 N–H and O–H groups in total. The van der Waals surface area contributed by atoms with Gasteiger partial charge in [0.2, 0.25) is 0 Å². The summed E-state index contributed by atoms with van der Waals surface area (Å²) in [7, 11) is 0. The van der Waals surface area contributed by atoms with Gasteiger partial charge in [-0.15, -0.1) is 23.5 Å². The van der Waals surface area contributed by atoms with Crippen molar-refractivity contribution in [2.45, 2.75) is 14.6 Å². The van der Waals surface area contributed by atoms with E-state index in [2.05, 4.69) is 70.6 Å². The minimum absolute atomic E-state index is 0.593. The van der Waals surface area contributed by atoms with E-state index in [4.69, 9.17) is 0 Å². The van der Waals surface area contributed by atoms with Crippen LogP contribution in [0.5, 0.6) is 0 Å². The van der Waals surface area contributed by atoms with Crippen LogP contribution in [0.15, 0.2) is 0 Å².